The minimum atomic E-state index is -0.337. The molecule has 1 aliphatic carbocycles. The predicted octanol–water partition coefficient (Wildman–Crippen LogP) is 2.62. The molecule has 0 bridgehead atoms. The van der Waals surface area contributed by atoms with Gasteiger partial charge in [-0.15, -0.1) is 11.8 Å². The molecule has 1 aliphatic rings. The molecule has 1 saturated carbocycles. The van der Waals surface area contributed by atoms with Gasteiger partial charge in [0, 0.05) is 10.8 Å². The first-order chi connectivity index (χ1) is 12.1. The van der Waals surface area contributed by atoms with Gasteiger partial charge in [-0.25, -0.2) is 0 Å². The van der Waals surface area contributed by atoms with Crippen LogP contribution in [0.3, 0.4) is 0 Å². The van der Waals surface area contributed by atoms with E-state index in [1.54, 1.807) is 19.1 Å². The Morgan fingerprint density at radius 3 is 2.72 bits per heavy atom. The lowest BCUT2D eigenvalue weighted by atomic mass is 10.1. The van der Waals surface area contributed by atoms with Crippen LogP contribution in [0.15, 0.2) is 33.7 Å². The number of carbonyl (C=O) groups is 2. The quantitative estimate of drug-likeness (QED) is 0.628. The maximum absolute atomic E-state index is 12.4. The monoisotopic (exact) mass is 360 g/mol. The summed E-state index contributed by atoms with van der Waals surface area (Å²) in [6.45, 7) is 1.76. The van der Waals surface area contributed by atoms with Gasteiger partial charge in [0.2, 0.25) is 11.8 Å². The summed E-state index contributed by atoms with van der Waals surface area (Å²) in [5, 5.41) is 3.75. The average Bonchev–Trinajstić information content (AvgIpc) is 3.29. The van der Waals surface area contributed by atoms with E-state index in [0.717, 1.165) is 30.6 Å². The molecular weight excluding hydrogens is 340 g/mol. The fourth-order valence-electron chi connectivity index (χ4n) is 2.79. The number of amides is 2. The normalized spacial score (nSPS) is 14.4. The first kappa shape index (κ1) is 17.5. The van der Waals surface area contributed by atoms with Gasteiger partial charge in [0.15, 0.2) is 5.82 Å². The summed E-state index contributed by atoms with van der Waals surface area (Å²) in [5.41, 5.74) is 5.55. The van der Waals surface area contributed by atoms with Crippen molar-refractivity contribution in [1.82, 2.24) is 21.0 Å². The standard InChI is InChI=1S/C17H20N4O3S/c1-11-18-15(24-21-11)10-25-14-9-5-4-8-13(14)17(23)20-19-16(22)12-6-2-3-7-12/h4-5,8-9,12H,2-3,6-7,10H2,1H3,(H,19,22)(H,20,23). The molecule has 2 amide bonds. The number of aryl methyl sites for hydroxylation is 1. The van der Waals surface area contributed by atoms with Gasteiger partial charge in [0.05, 0.1) is 11.3 Å². The molecular formula is C17H20N4O3S. The fourth-order valence-corrected chi connectivity index (χ4v) is 3.68. The van der Waals surface area contributed by atoms with Gasteiger partial charge in [-0.1, -0.05) is 30.1 Å². The highest BCUT2D eigenvalue weighted by Crippen LogP contribution is 2.26. The van der Waals surface area contributed by atoms with E-state index in [4.69, 9.17) is 4.52 Å². The number of benzene rings is 1. The Morgan fingerprint density at radius 2 is 2.00 bits per heavy atom. The van der Waals surface area contributed by atoms with Crippen molar-refractivity contribution in [1.29, 1.82) is 0 Å². The third-order valence-corrected chi connectivity index (χ3v) is 5.14. The van der Waals surface area contributed by atoms with Crippen LogP contribution in [0.25, 0.3) is 0 Å². The Morgan fingerprint density at radius 1 is 1.24 bits per heavy atom. The summed E-state index contributed by atoms with van der Waals surface area (Å²) < 4.78 is 5.08. The average molecular weight is 360 g/mol. The van der Waals surface area contributed by atoms with E-state index in [1.165, 1.54) is 11.8 Å². The van der Waals surface area contributed by atoms with Crippen LogP contribution in [0.5, 0.6) is 0 Å². The van der Waals surface area contributed by atoms with Crippen molar-refractivity contribution in [3.05, 3.63) is 41.5 Å². The number of nitrogens with one attached hydrogen (secondary N) is 2. The molecule has 3 rings (SSSR count). The zero-order chi connectivity index (χ0) is 17.6. The van der Waals surface area contributed by atoms with Crippen LogP contribution in [-0.4, -0.2) is 22.0 Å². The van der Waals surface area contributed by atoms with E-state index in [2.05, 4.69) is 21.0 Å². The maximum atomic E-state index is 12.4. The maximum Gasteiger partial charge on any atom is 0.270 e. The van der Waals surface area contributed by atoms with E-state index in [-0.39, 0.29) is 17.7 Å². The van der Waals surface area contributed by atoms with Crippen LogP contribution in [0, 0.1) is 12.8 Å². The van der Waals surface area contributed by atoms with Crippen molar-refractivity contribution in [3.63, 3.8) is 0 Å². The summed E-state index contributed by atoms with van der Waals surface area (Å²) >= 11 is 1.43. The van der Waals surface area contributed by atoms with Gasteiger partial charge in [-0.2, -0.15) is 4.98 Å². The summed E-state index contributed by atoms with van der Waals surface area (Å²) in [7, 11) is 0. The molecule has 0 spiro atoms. The van der Waals surface area contributed by atoms with Crippen LogP contribution in [0.4, 0.5) is 0 Å². The third kappa shape index (κ3) is 4.60. The van der Waals surface area contributed by atoms with Gasteiger partial charge in [0.1, 0.15) is 0 Å². The summed E-state index contributed by atoms with van der Waals surface area (Å²) in [6.07, 6.45) is 3.91. The molecule has 1 aromatic heterocycles. The van der Waals surface area contributed by atoms with Gasteiger partial charge in [-0.05, 0) is 31.9 Å². The highest BCUT2D eigenvalue weighted by molar-refractivity contribution is 7.98. The van der Waals surface area contributed by atoms with Crippen molar-refractivity contribution >= 4 is 23.6 Å². The topological polar surface area (TPSA) is 97.1 Å². The Hall–Kier alpha value is -2.35. The molecule has 132 valence electrons. The van der Waals surface area contributed by atoms with E-state index in [0.29, 0.717) is 23.0 Å². The number of rotatable bonds is 5. The highest BCUT2D eigenvalue weighted by atomic mass is 32.2. The Labute approximate surface area is 149 Å². The summed E-state index contributed by atoms with van der Waals surface area (Å²) in [5.74, 6) is 1.11. The molecule has 25 heavy (non-hydrogen) atoms. The smallest absolute Gasteiger partial charge is 0.270 e. The van der Waals surface area contributed by atoms with Crippen molar-refractivity contribution in [2.45, 2.75) is 43.3 Å². The Balaban J connectivity index is 1.59. The molecule has 0 atom stereocenters. The first-order valence-corrected chi connectivity index (χ1v) is 9.23. The second kappa shape index (κ2) is 8.15. The van der Waals surface area contributed by atoms with E-state index in [1.807, 2.05) is 12.1 Å². The molecule has 0 aliphatic heterocycles. The molecule has 0 radical (unpaired) electrons. The van der Waals surface area contributed by atoms with Crippen LogP contribution in [-0.2, 0) is 10.5 Å². The zero-order valence-electron chi connectivity index (χ0n) is 13.9. The van der Waals surface area contributed by atoms with Crippen LogP contribution in [0.2, 0.25) is 0 Å². The Kier molecular flexibility index (Phi) is 5.70. The summed E-state index contributed by atoms with van der Waals surface area (Å²) in [6, 6.07) is 7.21. The number of nitrogens with zero attached hydrogens (tertiary/aromatic N) is 2. The molecule has 2 aromatic rings. The van der Waals surface area contributed by atoms with Crippen LogP contribution in [0.1, 0.15) is 47.8 Å². The van der Waals surface area contributed by atoms with Crippen LogP contribution >= 0.6 is 11.8 Å². The van der Waals surface area contributed by atoms with E-state index in [9.17, 15) is 9.59 Å². The van der Waals surface area contributed by atoms with Gasteiger partial charge >= 0.3 is 0 Å². The first-order valence-electron chi connectivity index (χ1n) is 8.24. The van der Waals surface area contributed by atoms with Crippen molar-refractivity contribution < 1.29 is 14.1 Å². The molecule has 1 heterocycles. The number of aromatic nitrogens is 2. The van der Waals surface area contributed by atoms with Crippen LogP contribution < -0.4 is 10.9 Å². The van der Waals surface area contributed by atoms with Gasteiger partial charge < -0.3 is 4.52 Å². The lowest BCUT2D eigenvalue weighted by molar-refractivity contribution is -0.125. The molecule has 8 heteroatoms. The largest absolute Gasteiger partial charge is 0.338 e. The van der Waals surface area contributed by atoms with Gasteiger partial charge in [-0.3, -0.25) is 20.4 Å². The SMILES string of the molecule is Cc1noc(CSc2ccccc2C(=O)NNC(=O)C2CCCC2)n1. The van der Waals surface area contributed by atoms with E-state index < -0.39 is 0 Å². The Bertz CT molecular complexity index is 756. The number of hydrogen-bond acceptors (Lipinski definition) is 6. The molecule has 2 N–H and O–H groups in total. The number of hydrazine groups is 1. The fraction of sp³-hybridized carbons (Fsp3) is 0.412. The molecule has 1 fully saturated rings. The number of carbonyl (C=O) groups excluding carboxylic acids is 2. The van der Waals surface area contributed by atoms with Crippen molar-refractivity contribution in [3.8, 4) is 0 Å². The second-order valence-electron chi connectivity index (χ2n) is 5.94. The second-order valence-corrected chi connectivity index (χ2v) is 6.96. The summed E-state index contributed by atoms with van der Waals surface area (Å²) in [4.78, 5) is 29.4. The predicted molar refractivity (Wildman–Crippen MR) is 92.6 cm³/mol. The lowest BCUT2D eigenvalue weighted by Gasteiger charge is -2.13. The highest BCUT2D eigenvalue weighted by Gasteiger charge is 2.23. The number of thioether (sulfide) groups is 1. The van der Waals surface area contributed by atoms with Crippen molar-refractivity contribution in [2.24, 2.45) is 5.92 Å². The molecule has 0 saturated heterocycles. The minimum absolute atomic E-state index is 0.00526. The lowest BCUT2D eigenvalue weighted by Crippen LogP contribution is -2.44. The third-order valence-electron chi connectivity index (χ3n) is 4.08. The minimum Gasteiger partial charge on any atom is -0.338 e. The zero-order valence-corrected chi connectivity index (χ0v) is 14.8. The number of hydrogen-bond donors (Lipinski definition) is 2. The van der Waals surface area contributed by atoms with E-state index >= 15 is 0 Å². The van der Waals surface area contributed by atoms with Crippen molar-refractivity contribution in [2.75, 3.05) is 0 Å². The van der Waals surface area contributed by atoms with Gasteiger partial charge in [0.25, 0.3) is 5.91 Å². The molecule has 1 aromatic carbocycles. The molecule has 0 unspecified atom stereocenters. The molecule has 7 nitrogen and oxygen atoms in total.